The Bertz CT molecular complexity index is 400. The molecule has 0 atom stereocenters. The number of nitrogens with zero attached hydrogens (tertiary/aromatic N) is 1. The summed E-state index contributed by atoms with van der Waals surface area (Å²) in [6, 6.07) is 2.05. The van der Waals surface area contributed by atoms with Gasteiger partial charge in [0.2, 0.25) is 5.91 Å². The van der Waals surface area contributed by atoms with Crippen LogP contribution in [0.5, 0.6) is 0 Å². The fourth-order valence-electron chi connectivity index (χ4n) is 1.80. The molecule has 1 amide bonds. The topological polar surface area (TPSA) is 46.3 Å². The second kappa shape index (κ2) is 4.47. The molecule has 88 valence electrons. The van der Waals surface area contributed by atoms with Crippen LogP contribution in [0.3, 0.4) is 0 Å². The summed E-state index contributed by atoms with van der Waals surface area (Å²) in [6.07, 6.45) is 1.89. The van der Waals surface area contributed by atoms with Gasteiger partial charge in [-0.1, -0.05) is 0 Å². The summed E-state index contributed by atoms with van der Waals surface area (Å²) in [5, 5.41) is 2.03. The second-order valence-electron chi connectivity index (χ2n) is 4.38. The van der Waals surface area contributed by atoms with Crippen LogP contribution in [-0.4, -0.2) is 24.4 Å². The lowest BCUT2D eigenvalue weighted by Crippen LogP contribution is -2.37. The van der Waals surface area contributed by atoms with E-state index in [2.05, 4.69) is 22.0 Å². The van der Waals surface area contributed by atoms with Gasteiger partial charge >= 0.3 is 0 Å². The van der Waals surface area contributed by atoms with Crippen LogP contribution in [0.1, 0.15) is 17.7 Å². The Morgan fingerprint density at radius 2 is 2.38 bits per heavy atom. The Labute approximate surface area is 108 Å². The third kappa shape index (κ3) is 2.31. The van der Waals surface area contributed by atoms with Gasteiger partial charge in [-0.15, -0.1) is 11.3 Å². The first-order chi connectivity index (χ1) is 7.57. The van der Waals surface area contributed by atoms with E-state index >= 15 is 0 Å². The Kier molecular flexibility index (Phi) is 3.37. The van der Waals surface area contributed by atoms with Gasteiger partial charge in [0.1, 0.15) is 0 Å². The monoisotopic (exact) mass is 302 g/mol. The van der Waals surface area contributed by atoms with Crippen molar-refractivity contribution < 1.29 is 4.79 Å². The maximum atomic E-state index is 12.1. The smallest absolute Gasteiger partial charge is 0.230 e. The molecule has 2 N–H and O–H groups in total. The number of hydrogen-bond donors (Lipinski definition) is 1. The molecule has 1 saturated carbocycles. The van der Waals surface area contributed by atoms with Crippen LogP contribution in [0, 0.1) is 5.41 Å². The van der Waals surface area contributed by atoms with Crippen molar-refractivity contribution in [2.75, 3.05) is 13.6 Å². The van der Waals surface area contributed by atoms with Crippen LogP contribution in [0.15, 0.2) is 15.9 Å². The molecule has 1 heterocycles. The van der Waals surface area contributed by atoms with Crippen molar-refractivity contribution in [1.82, 2.24) is 4.90 Å². The average molecular weight is 303 g/mol. The number of amides is 1. The third-order valence-corrected chi connectivity index (χ3v) is 4.74. The maximum absolute atomic E-state index is 12.1. The minimum absolute atomic E-state index is 0.194. The SMILES string of the molecule is CN(Cc1cc(Br)cs1)C(=O)C1(CN)CC1. The first kappa shape index (κ1) is 12.1. The van der Waals surface area contributed by atoms with Gasteiger partial charge in [-0.2, -0.15) is 0 Å². The molecule has 16 heavy (non-hydrogen) atoms. The molecule has 1 aliphatic rings. The highest BCUT2D eigenvalue weighted by Gasteiger charge is 2.49. The highest BCUT2D eigenvalue weighted by molar-refractivity contribution is 9.10. The van der Waals surface area contributed by atoms with Crippen molar-refractivity contribution in [3.05, 3.63) is 20.8 Å². The van der Waals surface area contributed by atoms with E-state index in [9.17, 15) is 4.79 Å². The predicted octanol–water partition coefficient (Wildman–Crippen LogP) is 2.21. The van der Waals surface area contributed by atoms with E-state index in [4.69, 9.17) is 5.73 Å². The van der Waals surface area contributed by atoms with Gasteiger partial charge in [0.05, 0.1) is 12.0 Å². The fraction of sp³-hybridized carbons (Fsp3) is 0.545. The van der Waals surface area contributed by atoms with E-state index in [-0.39, 0.29) is 11.3 Å². The first-order valence-electron chi connectivity index (χ1n) is 5.26. The molecule has 0 aromatic carbocycles. The molecule has 1 aromatic rings. The quantitative estimate of drug-likeness (QED) is 0.927. The van der Waals surface area contributed by atoms with E-state index < -0.39 is 0 Å². The zero-order valence-electron chi connectivity index (χ0n) is 9.20. The van der Waals surface area contributed by atoms with Gasteiger partial charge in [0.25, 0.3) is 0 Å². The van der Waals surface area contributed by atoms with Crippen molar-refractivity contribution in [2.24, 2.45) is 11.1 Å². The summed E-state index contributed by atoms with van der Waals surface area (Å²) in [6.45, 7) is 1.15. The first-order valence-corrected chi connectivity index (χ1v) is 6.93. The van der Waals surface area contributed by atoms with Gasteiger partial charge < -0.3 is 10.6 Å². The summed E-state index contributed by atoms with van der Waals surface area (Å²) < 4.78 is 1.08. The Hall–Kier alpha value is -0.390. The van der Waals surface area contributed by atoms with Crippen molar-refractivity contribution in [1.29, 1.82) is 0 Å². The molecule has 2 rings (SSSR count). The van der Waals surface area contributed by atoms with Gasteiger partial charge in [-0.25, -0.2) is 0 Å². The molecule has 3 nitrogen and oxygen atoms in total. The minimum Gasteiger partial charge on any atom is -0.340 e. The lowest BCUT2D eigenvalue weighted by atomic mass is 10.1. The summed E-state index contributed by atoms with van der Waals surface area (Å²) >= 11 is 5.07. The molecule has 0 spiro atoms. The molecule has 1 aliphatic carbocycles. The van der Waals surface area contributed by atoms with Crippen molar-refractivity contribution in [3.63, 3.8) is 0 Å². The van der Waals surface area contributed by atoms with E-state index in [0.29, 0.717) is 13.1 Å². The van der Waals surface area contributed by atoms with Crippen LogP contribution in [0.4, 0.5) is 0 Å². The number of rotatable bonds is 4. The molecule has 0 bridgehead atoms. The molecular formula is C11H15BrN2OS. The number of thiophene rings is 1. The predicted molar refractivity (Wildman–Crippen MR) is 69.2 cm³/mol. The van der Waals surface area contributed by atoms with Gasteiger partial charge in [-0.3, -0.25) is 4.79 Å². The second-order valence-corrected chi connectivity index (χ2v) is 6.29. The molecule has 1 fully saturated rings. The van der Waals surface area contributed by atoms with Crippen molar-refractivity contribution in [2.45, 2.75) is 19.4 Å². The average Bonchev–Trinajstić information content (AvgIpc) is 2.97. The van der Waals surface area contributed by atoms with Crippen LogP contribution >= 0.6 is 27.3 Å². The van der Waals surface area contributed by atoms with Gasteiger partial charge in [-0.05, 0) is 34.8 Å². The lowest BCUT2D eigenvalue weighted by Gasteiger charge is -2.21. The maximum Gasteiger partial charge on any atom is 0.230 e. The Morgan fingerprint density at radius 1 is 1.69 bits per heavy atom. The summed E-state index contributed by atoms with van der Waals surface area (Å²) in [5.74, 6) is 0.194. The van der Waals surface area contributed by atoms with Crippen LogP contribution in [-0.2, 0) is 11.3 Å². The Balaban J connectivity index is 1.98. The molecule has 1 aromatic heterocycles. The largest absolute Gasteiger partial charge is 0.340 e. The van der Waals surface area contributed by atoms with Crippen LogP contribution in [0.2, 0.25) is 0 Å². The van der Waals surface area contributed by atoms with Crippen molar-refractivity contribution in [3.8, 4) is 0 Å². The molecule has 0 saturated heterocycles. The van der Waals surface area contributed by atoms with E-state index in [1.807, 2.05) is 12.4 Å². The highest BCUT2D eigenvalue weighted by atomic mass is 79.9. The molecule has 0 unspecified atom stereocenters. The molecule has 5 heteroatoms. The number of carbonyl (C=O) groups is 1. The molecule has 0 radical (unpaired) electrons. The van der Waals surface area contributed by atoms with Gasteiger partial charge in [0, 0.05) is 28.3 Å². The normalized spacial score (nSPS) is 17.2. The summed E-state index contributed by atoms with van der Waals surface area (Å²) in [7, 11) is 1.85. The zero-order valence-corrected chi connectivity index (χ0v) is 11.6. The fourth-order valence-corrected chi connectivity index (χ4v) is 3.31. The third-order valence-electron chi connectivity index (χ3n) is 3.06. The van der Waals surface area contributed by atoms with E-state index in [1.165, 1.54) is 4.88 Å². The Morgan fingerprint density at radius 3 is 2.81 bits per heavy atom. The van der Waals surface area contributed by atoms with Crippen LogP contribution < -0.4 is 5.73 Å². The molecular weight excluding hydrogens is 288 g/mol. The van der Waals surface area contributed by atoms with Crippen molar-refractivity contribution >= 4 is 33.2 Å². The van der Waals surface area contributed by atoms with Gasteiger partial charge in [0.15, 0.2) is 0 Å². The molecule has 0 aliphatic heterocycles. The highest BCUT2D eigenvalue weighted by Crippen LogP contribution is 2.46. The number of halogens is 1. The zero-order chi connectivity index (χ0) is 11.8. The summed E-state index contributed by atoms with van der Waals surface area (Å²) in [4.78, 5) is 15.1. The van der Waals surface area contributed by atoms with E-state index in [1.54, 1.807) is 16.2 Å². The minimum atomic E-state index is -0.233. The summed E-state index contributed by atoms with van der Waals surface area (Å²) in [5.41, 5.74) is 5.42. The number of nitrogens with two attached hydrogens (primary N) is 1. The van der Waals surface area contributed by atoms with E-state index in [0.717, 1.165) is 17.3 Å². The standard InChI is InChI=1S/C11H15BrN2OS/c1-14(5-9-4-8(12)6-16-9)10(15)11(7-13)2-3-11/h4,6H,2-3,5,7,13H2,1H3. The number of carbonyl (C=O) groups excluding carboxylic acids is 1. The number of hydrogen-bond acceptors (Lipinski definition) is 3. The van der Waals surface area contributed by atoms with Crippen LogP contribution in [0.25, 0.3) is 0 Å². The lowest BCUT2D eigenvalue weighted by molar-refractivity contribution is -0.135.